The normalized spacial score (nSPS) is 24.6. The van der Waals surface area contributed by atoms with Crippen LogP contribution in [0.3, 0.4) is 0 Å². The highest BCUT2D eigenvalue weighted by molar-refractivity contribution is 8.50. The molecular weight excluding hydrogens is 465 g/mol. The lowest BCUT2D eigenvalue weighted by Crippen LogP contribution is -1.71. The van der Waals surface area contributed by atoms with E-state index in [0.29, 0.717) is 0 Å². The van der Waals surface area contributed by atoms with E-state index in [1.54, 1.807) is 0 Å². The Balaban J connectivity index is 1.47. The van der Waals surface area contributed by atoms with Gasteiger partial charge < -0.3 is 0 Å². The summed E-state index contributed by atoms with van der Waals surface area (Å²) in [5.74, 6) is 0. The molecule has 22 heavy (non-hydrogen) atoms. The fourth-order valence-corrected chi connectivity index (χ4v) is 15.5. The fraction of sp³-hybridized carbons (Fsp3) is 0.167. The summed E-state index contributed by atoms with van der Waals surface area (Å²) in [5.41, 5.74) is 0. The third-order valence-electron chi connectivity index (χ3n) is 2.56. The van der Waals surface area contributed by atoms with Crippen LogP contribution in [0.4, 0.5) is 0 Å². The predicted octanol–water partition coefficient (Wildman–Crippen LogP) is 8.61. The Labute approximate surface area is 173 Å². The van der Waals surface area contributed by atoms with E-state index >= 15 is 0 Å². The minimum atomic E-state index is 1.44. The zero-order chi connectivity index (χ0) is 15.1. The largest absolute Gasteiger partial charge is 0.121 e. The van der Waals surface area contributed by atoms with Gasteiger partial charge in [-0.05, 0) is 23.3 Å². The molecule has 0 N–H and O–H groups in total. The molecule has 4 rings (SSSR count). The van der Waals surface area contributed by atoms with E-state index in [9.17, 15) is 0 Å². The third kappa shape index (κ3) is 3.53. The summed E-state index contributed by atoms with van der Waals surface area (Å²) in [6.45, 7) is 0. The molecule has 0 fully saturated rings. The maximum Gasteiger partial charge on any atom is 0.0718 e. The molecule has 4 heterocycles. The Bertz CT molecular complexity index is 630. The molecule has 0 aromatic rings. The highest BCUT2D eigenvalue weighted by atomic mass is 32.3. The minimum absolute atomic E-state index is 1.44. The van der Waals surface area contributed by atoms with Crippen molar-refractivity contribution in [3.63, 3.8) is 0 Å². The zero-order valence-corrected chi connectivity index (χ0v) is 19.4. The number of rotatable bonds is 2. The summed E-state index contributed by atoms with van der Waals surface area (Å²) in [7, 11) is 0. The van der Waals surface area contributed by atoms with Crippen molar-refractivity contribution in [2.24, 2.45) is 0 Å². The Kier molecular flexibility index (Phi) is 6.27. The Morgan fingerprint density at radius 1 is 0.545 bits per heavy atom. The molecule has 0 aromatic carbocycles. The third-order valence-corrected chi connectivity index (χ3v) is 16.6. The summed E-state index contributed by atoms with van der Waals surface area (Å²) in [4.78, 5) is 0. The number of thioether (sulfide) groups is 10. The van der Waals surface area contributed by atoms with Crippen molar-refractivity contribution in [1.29, 1.82) is 0 Å². The molecular formula is C12H8S10. The second-order valence-corrected chi connectivity index (χ2v) is 15.5. The number of hydrogen-bond acceptors (Lipinski definition) is 10. The van der Waals surface area contributed by atoms with Gasteiger partial charge in [0.2, 0.25) is 0 Å². The van der Waals surface area contributed by atoms with Gasteiger partial charge in [-0.1, -0.05) is 94.1 Å². The van der Waals surface area contributed by atoms with Gasteiger partial charge in [-0.3, -0.25) is 0 Å². The van der Waals surface area contributed by atoms with Crippen LogP contribution in [0.15, 0.2) is 44.7 Å². The van der Waals surface area contributed by atoms with Gasteiger partial charge in [0.25, 0.3) is 0 Å². The van der Waals surface area contributed by atoms with Crippen LogP contribution in [-0.4, -0.2) is 12.5 Å². The topological polar surface area (TPSA) is 0 Å². The molecule has 0 aliphatic carbocycles. The first kappa shape index (κ1) is 17.6. The van der Waals surface area contributed by atoms with Gasteiger partial charge in [-0.15, -0.1) is 23.5 Å². The quantitative estimate of drug-likeness (QED) is 0.381. The summed E-state index contributed by atoms with van der Waals surface area (Å²) in [5, 5.41) is 4.35. The van der Waals surface area contributed by atoms with Crippen LogP contribution in [0, 0.1) is 0 Å². The Morgan fingerprint density at radius 3 is 1.32 bits per heavy atom. The highest BCUT2D eigenvalue weighted by Gasteiger charge is 2.35. The monoisotopic (exact) mass is 472 g/mol. The lowest BCUT2D eigenvalue weighted by Gasteiger charge is -2.06. The summed E-state index contributed by atoms with van der Waals surface area (Å²) < 4.78 is 11.7. The van der Waals surface area contributed by atoms with Crippen molar-refractivity contribution < 1.29 is 0 Å². The van der Waals surface area contributed by atoms with Crippen LogP contribution >= 0.6 is 118 Å². The summed E-state index contributed by atoms with van der Waals surface area (Å²) in [6.07, 6.45) is 4.35. The molecule has 0 unspecified atom stereocenters. The Hall–Kier alpha value is 2.20. The lowest BCUT2D eigenvalue weighted by molar-refractivity contribution is 2.30. The van der Waals surface area contributed by atoms with Gasteiger partial charge in [0.15, 0.2) is 0 Å². The molecule has 10 heteroatoms. The predicted molar refractivity (Wildman–Crippen MR) is 125 cm³/mol. The van der Waals surface area contributed by atoms with Crippen molar-refractivity contribution in [3.8, 4) is 0 Å². The first-order chi connectivity index (χ1) is 10.8. The van der Waals surface area contributed by atoms with E-state index in [1.807, 2.05) is 118 Å². The molecule has 0 spiro atoms. The molecule has 0 bridgehead atoms. The SMILES string of the molecule is CSC1=C(SC)SC(=C2SC3=C(SC(=C4SC=CS4)S3)S2)S1. The van der Waals surface area contributed by atoms with E-state index in [0.717, 1.165) is 0 Å². The second-order valence-electron chi connectivity index (χ2n) is 3.83. The van der Waals surface area contributed by atoms with Crippen LogP contribution in [0.2, 0.25) is 0 Å². The maximum atomic E-state index is 2.18. The van der Waals surface area contributed by atoms with Crippen molar-refractivity contribution in [2.45, 2.75) is 0 Å². The molecule has 4 aliphatic heterocycles. The van der Waals surface area contributed by atoms with Gasteiger partial charge in [0.1, 0.15) is 0 Å². The van der Waals surface area contributed by atoms with E-state index in [-0.39, 0.29) is 0 Å². The molecule has 0 aromatic heterocycles. The minimum Gasteiger partial charge on any atom is -0.121 e. The van der Waals surface area contributed by atoms with Crippen LogP contribution in [-0.2, 0) is 0 Å². The smallest absolute Gasteiger partial charge is 0.0718 e. The van der Waals surface area contributed by atoms with Crippen LogP contribution < -0.4 is 0 Å². The van der Waals surface area contributed by atoms with E-state index in [1.165, 1.54) is 33.9 Å². The van der Waals surface area contributed by atoms with Gasteiger partial charge >= 0.3 is 0 Å². The van der Waals surface area contributed by atoms with Gasteiger partial charge in [-0.25, -0.2) is 0 Å². The van der Waals surface area contributed by atoms with Gasteiger partial charge in [0, 0.05) is 0 Å². The molecule has 0 nitrogen and oxygen atoms in total. The van der Waals surface area contributed by atoms with Crippen molar-refractivity contribution in [2.75, 3.05) is 12.5 Å². The second kappa shape index (κ2) is 7.84. The van der Waals surface area contributed by atoms with E-state index in [2.05, 4.69) is 23.3 Å². The van der Waals surface area contributed by atoms with Crippen LogP contribution in [0.25, 0.3) is 0 Å². The summed E-state index contributed by atoms with van der Waals surface area (Å²) in [6, 6.07) is 0. The molecule has 0 saturated heterocycles. The highest BCUT2D eigenvalue weighted by Crippen LogP contribution is 2.71. The molecule has 4 aliphatic rings. The molecule has 0 radical (unpaired) electrons. The van der Waals surface area contributed by atoms with E-state index < -0.39 is 0 Å². The number of hydrogen-bond donors (Lipinski definition) is 0. The zero-order valence-electron chi connectivity index (χ0n) is 11.2. The summed E-state index contributed by atoms with van der Waals surface area (Å²) >= 11 is 19.2. The van der Waals surface area contributed by atoms with Gasteiger partial charge in [0.05, 0.1) is 33.9 Å². The van der Waals surface area contributed by atoms with Crippen LogP contribution in [0.5, 0.6) is 0 Å². The van der Waals surface area contributed by atoms with E-state index in [4.69, 9.17) is 0 Å². The van der Waals surface area contributed by atoms with Crippen molar-refractivity contribution in [1.82, 2.24) is 0 Å². The average Bonchev–Trinajstić information content (AvgIpc) is 3.26. The molecule has 0 amide bonds. The average molecular weight is 473 g/mol. The van der Waals surface area contributed by atoms with Gasteiger partial charge in [-0.2, -0.15) is 0 Å². The molecule has 0 atom stereocenters. The van der Waals surface area contributed by atoms with Crippen molar-refractivity contribution >= 4 is 118 Å². The lowest BCUT2D eigenvalue weighted by atomic mass is 11.2. The molecule has 0 saturated carbocycles. The first-order valence-corrected chi connectivity index (χ1v) is 15.0. The standard InChI is InChI=1S/C12H8S10/c1-13-5-6(14-2)18-9(17-5)10-21-11-12(22-10)20-8(19-11)7-15-3-4-16-7/h3-4H,1-2H3. The fourth-order valence-electron chi connectivity index (χ4n) is 1.66. The first-order valence-electron chi connectivity index (χ1n) is 5.89. The Morgan fingerprint density at radius 2 is 0.909 bits per heavy atom. The van der Waals surface area contributed by atoms with Crippen molar-refractivity contribution in [3.05, 3.63) is 44.7 Å². The van der Waals surface area contributed by atoms with Crippen LogP contribution in [0.1, 0.15) is 0 Å². The maximum absolute atomic E-state index is 2.18. The molecule has 116 valence electrons.